The number of rotatable bonds is 3. The molecule has 19 heavy (non-hydrogen) atoms. The Morgan fingerprint density at radius 1 is 1.53 bits per heavy atom. The van der Waals surface area contributed by atoms with Gasteiger partial charge in [-0.25, -0.2) is 0 Å². The van der Waals surface area contributed by atoms with Crippen LogP contribution in [0.1, 0.15) is 11.3 Å². The highest BCUT2D eigenvalue weighted by Gasteiger charge is 2.14. The Balaban J connectivity index is 2.46. The van der Waals surface area contributed by atoms with Gasteiger partial charge in [0.1, 0.15) is 0 Å². The second kappa shape index (κ2) is 5.66. The Morgan fingerprint density at radius 3 is 2.84 bits per heavy atom. The Morgan fingerprint density at radius 2 is 2.26 bits per heavy atom. The molecule has 3 N–H and O–H groups in total. The maximum atomic E-state index is 8.88. The van der Waals surface area contributed by atoms with Gasteiger partial charge in [0.25, 0.3) is 0 Å². The summed E-state index contributed by atoms with van der Waals surface area (Å²) in [5, 5.41) is 17.2. The van der Waals surface area contributed by atoms with E-state index in [9.17, 15) is 0 Å². The number of hydrogen-bond donors (Lipinski definition) is 2. The van der Waals surface area contributed by atoms with Gasteiger partial charge in [0, 0.05) is 22.0 Å². The Labute approximate surface area is 123 Å². The number of halogens is 1. The number of nitrogens with zero attached hydrogens (tertiary/aromatic N) is 3. The minimum atomic E-state index is 0.0777. The molecule has 0 atom stereocenters. The fourth-order valence-corrected chi connectivity index (χ4v) is 3.47. The van der Waals surface area contributed by atoms with Crippen LogP contribution in [0.2, 0.25) is 0 Å². The SMILES string of the molecule is Cc1cc(Sc2cccc(Br)c2/C(N)=N/O)n(C)n1. The largest absolute Gasteiger partial charge is 0.409 e. The maximum absolute atomic E-state index is 8.88. The van der Waals surface area contributed by atoms with E-state index in [1.807, 2.05) is 38.2 Å². The standard InChI is InChI=1S/C12H13BrN4OS/c1-7-6-10(17(2)15-7)19-9-5-3-4-8(13)11(9)12(14)16-18/h3-6,18H,1-2H3,(H2,14,16). The molecule has 0 unspecified atom stereocenters. The normalized spacial score (nSPS) is 11.8. The summed E-state index contributed by atoms with van der Waals surface area (Å²) in [5.74, 6) is 0.0777. The Kier molecular flexibility index (Phi) is 4.16. The van der Waals surface area contributed by atoms with Crippen LogP contribution in [0, 0.1) is 6.92 Å². The van der Waals surface area contributed by atoms with Crippen LogP contribution in [0.4, 0.5) is 0 Å². The molecule has 100 valence electrons. The number of nitrogens with two attached hydrogens (primary N) is 1. The van der Waals surface area contributed by atoms with E-state index in [0.717, 1.165) is 20.1 Å². The van der Waals surface area contributed by atoms with Crippen LogP contribution >= 0.6 is 27.7 Å². The third kappa shape index (κ3) is 2.93. The molecular weight excluding hydrogens is 328 g/mol. The quantitative estimate of drug-likeness (QED) is 0.390. The van der Waals surface area contributed by atoms with Gasteiger partial charge in [-0.2, -0.15) is 5.10 Å². The summed E-state index contributed by atoms with van der Waals surface area (Å²) in [4.78, 5) is 0.896. The number of oxime groups is 1. The molecule has 0 aliphatic rings. The summed E-state index contributed by atoms with van der Waals surface area (Å²) in [6, 6.07) is 7.67. The average molecular weight is 341 g/mol. The molecule has 0 spiro atoms. The average Bonchev–Trinajstić information content (AvgIpc) is 2.67. The van der Waals surface area contributed by atoms with Crippen molar-refractivity contribution in [3.05, 3.63) is 40.0 Å². The van der Waals surface area contributed by atoms with Crippen molar-refractivity contribution in [2.24, 2.45) is 17.9 Å². The second-order valence-corrected chi connectivity index (χ2v) is 5.86. The van der Waals surface area contributed by atoms with Gasteiger partial charge in [-0.05, 0) is 41.1 Å². The number of amidine groups is 1. The second-order valence-electron chi connectivity index (χ2n) is 3.95. The van der Waals surface area contributed by atoms with Crippen molar-refractivity contribution in [3.8, 4) is 0 Å². The van der Waals surface area contributed by atoms with E-state index in [1.54, 1.807) is 4.68 Å². The Hall–Kier alpha value is -1.47. The summed E-state index contributed by atoms with van der Waals surface area (Å²) in [5.41, 5.74) is 7.35. The zero-order valence-corrected chi connectivity index (χ0v) is 12.9. The molecule has 2 aromatic rings. The van der Waals surface area contributed by atoms with Gasteiger partial charge in [-0.15, -0.1) is 0 Å². The molecule has 0 aliphatic carbocycles. The van der Waals surface area contributed by atoms with Crippen molar-refractivity contribution in [3.63, 3.8) is 0 Å². The van der Waals surface area contributed by atoms with Crippen LogP contribution in [0.15, 0.2) is 43.8 Å². The van der Waals surface area contributed by atoms with E-state index >= 15 is 0 Å². The van der Waals surface area contributed by atoms with Crippen LogP contribution in [-0.4, -0.2) is 20.8 Å². The fraction of sp³-hybridized carbons (Fsp3) is 0.167. The lowest BCUT2D eigenvalue weighted by molar-refractivity contribution is 0.318. The van der Waals surface area contributed by atoms with Crippen molar-refractivity contribution in [1.82, 2.24) is 9.78 Å². The van der Waals surface area contributed by atoms with E-state index in [1.165, 1.54) is 11.8 Å². The summed E-state index contributed by atoms with van der Waals surface area (Å²) >= 11 is 4.94. The number of aryl methyl sites for hydroxylation is 2. The minimum Gasteiger partial charge on any atom is -0.409 e. The lowest BCUT2D eigenvalue weighted by atomic mass is 10.2. The summed E-state index contributed by atoms with van der Waals surface area (Å²) in [6.07, 6.45) is 0. The molecule has 0 saturated heterocycles. The van der Waals surface area contributed by atoms with Gasteiger partial charge in [-0.3, -0.25) is 4.68 Å². The predicted octanol–water partition coefficient (Wildman–Crippen LogP) is 2.74. The number of aromatic nitrogens is 2. The molecule has 2 rings (SSSR count). The molecule has 0 bridgehead atoms. The topological polar surface area (TPSA) is 76.4 Å². The summed E-state index contributed by atoms with van der Waals surface area (Å²) in [6.45, 7) is 1.94. The van der Waals surface area contributed by atoms with Gasteiger partial charge in [0.15, 0.2) is 5.84 Å². The first-order valence-corrected chi connectivity index (χ1v) is 7.08. The first kappa shape index (κ1) is 14.0. The fourth-order valence-electron chi connectivity index (χ4n) is 1.68. The first-order valence-electron chi connectivity index (χ1n) is 5.48. The molecule has 0 radical (unpaired) electrons. The smallest absolute Gasteiger partial charge is 0.172 e. The molecule has 0 fully saturated rings. The monoisotopic (exact) mass is 340 g/mol. The molecule has 5 nitrogen and oxygen atoms in total. The third-order valence-corrected chi connectivity index (χ3v) is 4.32. The number of benzene rings is 1. The van der Waals surface area contributed by atoms with Gasteiger partial charge in [0.2, 0.25) is 0 Å². The van der Waals surface area contributed by atoms with E-state index in [2.05, 4.69) is 26.2 Å². The molecule has 7 heteroatoms. The number of hydrogen-bond acceptors (Lipinski definition) is 4. The summed E-state index contributed by atoms with van der Waals surface area (Å²) < 4.78 is 2.59. The molecule has 1 aromatic heterocycles. The van der Waals surface area contributed by atoms with Crippen LogP contribution in [0.5, 0.6) is 0 Å². The van der Waals surface area contributed by atoms with Gasteiger partial charge < -0.3 is 10.9 Å². The lowest BCUT2D eigenvalue weighted by Crippen LogP contribution is -2.15. The molecule has 1 aromatic carbocycles. The van der Waals surface area contributed by atoms with Crippen LogP contribution in [0.3, 0.4) is 0 Å². The molecule has 1 heterocycles. The zero-order chi connectivity index (χ0) is 14.0. The van der Waals surface area contributed by atoms with Crippen LogP contribution < -0.4 is 5.73 Å². The Bertz CT molecular complexity index is 639. The third-order valence-electron chi connectivity index (χ3n) is 2.51. The molecule has 0 aliphatic heterocycles. The van der Waals surface area contributed by atoms with E-state index in [0.29, 0.717) is 5.56 Å². The zero-order valence-electron chi connectivity index (χ0n) is 10.5. The van der Waals surface area contributed by atoms with E-state index < -0.39 is 0 Å². The summed E-state index contributed by atoms with van der Waals surface area (Å²) in [7, 11) is 1.89. The molecule has 0 amide bonds. The van der Waals surface area contributed by atoms with Gasteiger partial charge in [-0.1, -0.05) is 23.0 Å². The van der Waals surface area contributed by atoms with E-state index in [-0.39, 0.29) is 5.84 Å². The van der Waals surface area contributed by atoms with Crippen molar-refractivity contribution >= 4 is 33.5 Å². The van der Waals surface area contributed by atoms with Crippen molar-refractivity contribution in [2.45, 2.75) is 16.8 Å². The molecular formula is C12H13BrN4OS. The highest BCUT2D eigenvalue weighted by molar-refractivity contribution is 9.10. The van der Waals surface area contributed by atoms with Crippen molar-refractivity contribution in [1.29, 1.82) is 0 Å². The van der Waals surface area contributed by atoms with Crippen LogP contribution in [-0.2, 0) is 7.05 Å². The van der Waals surface area contributed by atoms with Crippen LogP contribution in [0.25, 0.3) is 0 Å². The highest BCUT2D eigenvalue weighted by atomic mass is 79.9. The maximum Gasteiger partial charge on any atom is 0.172 e. The van der Waals surface area contributed by atoms with Gasteiger partial charge >= 0.3 is 0 Å². The van der Waals surface area contributed by atoms with Crippen molar-refractivity contribution in [2.75, 3.05) is 0 Å². The minimum absolute atomic E-state index is 0.0777. The highest BCUT2D eigenvalue weighted by Crippen LogP contribution is 2.33. The predicted molar refractivity (Wildman–Crippen MR) is 78.7 cm³/mol. The van der Waals surface area contributed by atoms with E-state index in [4.69, 9.17) is 10.9 Å². The lowest BCUT2D eigenvalue weighted by Gasteiger charge is -2.09. The van der Waals surface area contributed by atoms with Gasteiger partial charge in [0.05, 0.1) is 10.7 Å². The molecule has 0 saturated carbocycles. The first-order chi connectivity index (χ1) is 9.02. The van der Waals surface area contributed by atoms with Crippen molar-refractivity contribution < 1.29 is 5.21 Å².